The maximum atomic E-state index is 13.3. The Kier molecular flexibility index (Phi) is 3.29. The van der Waals surface area contributed by atoms with Crippen LogP contribution in [0.1, 0.15) is 24.6 Å². The molecule has 1 fully saturated rings. The van der Waals surface area contributed by atoms with Crippen molar-refractivity contribution in [2.24, 2.45) is 0 Å². The summed E-state index contributed by atoms with van der Waals surface area (Å²) in [6.45, 7) is 0. The van der Waals surface area contributed by atoms with Crippen LogP contribution in [-0.2, 0) is 0 Å². The molecule has 3 nitrogen and oxygen atoms in total. The summed E-state index contributed by atoms with van der Waals surface area (Å²) in [7, 11) is 0. The lowest BCUT2D eigenvalue weighted by Crippen LogP contribution is -1.99. The summed E-state index contributed by atoms with van der Waals surface area (Å²) >= 11 is 11.6. The Morgan fingerprint density at radius 2 is 1.95 bits per heavy atom. The van der Waals surface area contributed by atoms with E-state index in [-0.39, 0.29) is 5.02 Å². The first kappa shape index (κ1) is 12.6. The fourth-order valence-corrected chi connectivity index (χ4v) is 2.05. The molecule has 1 N–H and O–H groups in total. The van der Waals surface area contributed by atoms with Crippen LogP contribution in [-0.4, -0.2) is 9.97 Å². The summed E-state index contributed by atoms with van der Waals surface area (Å²) in [4.78, 5) is 8.57. The summed E-state index contributed by atoms with van der Waals surface area (Å²) in [5.74, 6) is 1.23. The first-order valence-electron chi connectivity index (χ1n) is 5.88. The van der Waals surface area contributed by atoms with Gasteiger partial charge in [0.05, 0.1) is 5.02 Å². The number of anilines is 2. The third kappa shape index (κ3) is 2.96. The minimum absolute atomic E-state index is 0.0879. The summed E-state index contributed by atoms with van der Waals surface area (Å²) < 4.78 is 13.3. The predicted molar refractivity (Wildman–Crippen MR) is 73.7 cm³/mol. The topological polar surface area (TPSA) is 37.8 Å². The van der Waals surface area contributed by atoms with E-state index in [1.54, 1.807) is 12.1 Å². The predicted octanol–water partition coefficient (Wildman–Crippen LogP) is 4.54. The molecular formula is C13H10Cl2FN3. The van der Waals surface area contributed by atoms with Gasteiger partial charge in [0.2, 0.25) is 0 Å². The van der Waals surface area contributed by atoms with Gasteiger partial charge in [0, 0.05) is 17.7 Å². The molecule has 0 amide bonds. The van der Waals surface area contributed by atoms with Gasteiger partial charge in [-0.3, -0.25) is 0 Å². The first-order chi connectivity index (χ1) is 9.11. The maximum Gasteiger partial charge on any atom is 0.143 e. The maximum absolute atomic E-state index is 13.3. The third-order valence-electron chi connectivity index (χ3n) is 2.85. The Hall–Kier alpha value is -1.39. The van der Waals surface area contributed by atoms with E-state index in [1.165, 1.54) is 12.1 Å². The molecule has 0 atom stereocenters. The average molecular weight is 298 g/mol. The van der Waals surface area contributed by atoms with Gasteiger partial charge in [0.25, 0.3) is 0 Å². The second kappa shape index (κ2) is 4.94. The van der Waals surface area contributed by atoms with E-state index in [1.807, 2.05) is 0 Å². The highest BCUT2D eigenvalue weighted by molar-refractivity contribution is 6.30. The molecule has 1 aromatic carbocycles. The zero-order valence-electron chi connectivity index (χ0n) is 9.83. The highest BCUT2D eigenvalue weighted by Crippen LogP contribution is 2.39. The molecule has 2 aromatic rings. The van der Waals surface area contributed by atoms with Crippen LogP contribution in [0.2, 0.25) is 10.2 Å². The molecule has 0 spiro atoms. The number of hydrogen-bond donors (Lipinski definition) is 1. The number of halogens is 3. The van der Waals surface area contributed by atoms with Gasteiger partial charge in [-0.05, 0) is 31.0 Å². The van der Waals surface area contributed by atoms with Gasteiger partial charge < -0.3 is 5.32 Å². The molecular weight excluding hydrogens is 288 g/mol. The fraction of sp³-hybridized carbons (Fsp3) is 0.231. The van der Waals surface area contributed by atoms with Gasteiger partial charge in [0.15, 0.2) is 0 Å². The Bertz CT molecular complexity index is 629. The minimum atomic E-state index is -0.478. The zero-order chi connectivity index (χ0) is 13.4. The molecule has 0 unspecified atom stereocenters. The Morgan fingerprint density at radius 1 is 1.16 bits per heavy atom. The molecule has 6 heteroatoms. The molecule has 1 heterocycles. The number of aromatic nitrogens is 2. The van der Waals surface area contributed by atoms with E-state index in [2.05, 4.69) is 15.3 Å². The van der Waals surface area contributed by atoms with Crippen molar-refractivity contribution in [2.45, 2.75) is 18.8 Å². The quantitative estimate of drug-likeness (QED) is 0.845. The van der Waals surface area contributed by atoms with Gasteiger partial charge in [-0.25, -0.2) is 14.4 Å². The standard InChI is InChI=1S/C13H10Cl2FN3/c14-9-4-3-8(5-10(9)16)17-12-6-11(15)18-13(19-12)7-1-2-7/h3-7H,1-2H2,(H,17,18,19). The van der Waals surface area contributed by atoms with Crippen LogP contribution in [0.4, 0.5) is 15.9 Å². The summed E-state index contributed by atoms with van der Waals surface area (Å²) in [6, 6.07) is 6.09. The van der Waals surface area contributed by atoms with E-state index in [4.69, 9.17) is 23.2 Å². The van der Waals surface area contributed by atoms with E-state index >= 15 is 0 Å². The van der Waals surface area contributed by atoms with Crippen LogP contribution < -0.4 is 5.32 Å². The van der Waals surface area contributed by atoms with Gasteiger partial charge in [-0.2, -0.15) is 0 Å². The first-order valence-corrected chi connectivity index (χ1v) is 6.64. The normalized spacial score (nSPS) is 14.5. The van der Waals surface area contributed by atoms with Gasteiger partial charge in [0.1, 0.15) is 22.6 Å². The molecule has 1 aromatic heterocycles. The Morgan fingerprint density at radius 3 is 2.63 bits per heavy atom. The lowest BCUT2D eigenvalue weighted by atomic mass is 10.3. The minimum Gasteiger partial charge on any atom is -0.340 e. The van der Waals surface area contributed by atoms with Crippen molar-refractivity contribution in [1.29, 1.82) is 0 Å². The van der Waals surface area contributed by atoms with Crippen molar-refractivity contribution in [2.75, 3.05) is 5.32 Å². The van der Waals surface area contributed by atoms with Crippen LogP contribution in [0.25, 0.3) is 0 Å². The molecule has 0 saturated heterocycles. The van der Waals surface area contributed by atoms with Crippen molar-refractivity contribution >= 4 is 34.7 Å². The lowest BCUT2D eigenvalue weighted by Gasteiger charge is -2.08. The van der Waals surface area contributed by atoms with Crippen LogP contribution in [0.5, 0.6) is 0 Å². The van der Waals surface area contributed by atoms with Crippen LogP contribution in [0, 0.1) is 5.82 Å². The zero-order valence-corrected chi connectivity index (χ0v) is 11.3. The van der Waals surface area contributed by atoms with Gasteiger partial charge >= 0.3 is 0 Å². The summed E-state index contributed by atoms with van der Waals surface area (Å²) in [6.07, 6.45) is 2.19. The van der Waals surface area contributed by atoms with Gasteiger partial charge in [-0.15, -0.1) is 0 Å². The second-order valence-electron chi connectivity index (χ2n) is 4.46. The van der Waals surface area contributed by atoms with E-state index < -0.39 is 5.82 Å². The molecule has 0 aliphatic heterocycles. The van der Waals surface area contributed by atoms with Crippen LogP contribution in [0.15, 0.2) is 24.3 Å². The fourth-order valence-electron chi connectivity index (χ4n) is 1.75. The number of nitrogens with one attached hydrogen (secondary N) is 1. The average Bonchev–Trinajstić information content (AvgIpc) is 3.17. The van der Waals surface area contributed by atoms with Crippen molar-refractivity contribution < 1.29 is 4.39 Å². The molecule has 0 radical (unpaired) electrons. The highest BCUT2D eigenvalue weighted by atomic mass is 35.5. The van der Waals surface area contributed by atoms with Crippen LogP contribution >= 0.6 is 23.2 Å². The smallest absolute Gasteiger partial charge is 0.143 e. The summed E-state index contributed by atoms with van der Waals surface area (Å²) in [5.41, 5.74) is 0.568. The number of nitrogens with zero attached hydrogens (tertiary/aromatic N) is 2. The highest BCUT2D eigenvalue weighted by Gasteiger charge is 2.27. The van der Waals surface area contributed by atoms with Crippen molar-refractivity contribution in [3.63, 3.8) is 0 Å². The van der Waals surface area contributed by atoms with E-state index in [0.29, 0.717) is 22.6 Å². The number of benzene rings is 1. The second-order valence-corrected chi connectivity index (χ2v) is 5.26. The van der Waals surface area contributed by atoms with Crippen molar-refractivity contribution in [1.82, 2.24) is 9.97 Å². The van der Waals surface area contributed by atoms with Crippen molar-refractivity contribution in [3.8, 4) is 0 Å². The molecule has 0 bridgehead atoms. The van der Waals surface area contributed by atoms with Crippen molar-refractivity contribution in [3.05, 3.63) is 46.1 Å². The number of hydrogen-bond acceptors (Lipinski definition) is 3. The van der Waals surface area contributed by atoms with Gasteiger partial charge in [-0.1, -0.05) is 23.2 Å². The molecule has 1 aliphatic rings. The Balaban J connectivity index is 1.87. The molecule has 1 aliphatic carbocycles. The SMILES string of the molecule is Fc1cc(Nc2cc(Cl)nc(C3CC3)n2)ccc1Cl. The summed E-state index contributed by atoms with van der Waals surface area (Å²) in [5, 5.41) is 3.47. The molecule has 1 saturated carbocycles. The van der Waals surface area contributed by atoms with E-state index in [9.17, 15) is 4.39 Å². The number of rotatable bonds is 3. The largest absolute Gasteiger partial charge is 0.340 e. The Labute approximate surface area is 119 Å². The molecule has 98 valence electrons. The molecule has 19 heavy (non-hydrogen) atoms. The third-order valence-corrected chi connectivity index (χ3v) is 3.35. The van der Waals surface area contributed by atoms with Crippen LogP contribution in [0.3, 0.4) is 0 Å². The lowest BCUT2D eigenvalue weighted by molar-refractivity contribution is 0.629. The van der Waals surface area contributed by atoms with E-state index in [0.717, 1.165) is 18.7 Å². The monoisotopic (exact) mass is 297 g/mol. The molecule has 3 rings (SSSR count).